The number of rotatable bonds is 2. The number of carbonyl (C=O) groups is 2. The van der Waals surface area contributed by atoms with Gasteiger partial charge >= 0.3 is 0 Å². The van der Waals surface area contributed by atoms with Crippen molar-refractivity contribution in [2.45, 2.75) is 6.04 Å². The van der Waals surface area contributed by atoms with Crippen molar-refractivity contribution in [3.05, 3.63) is 48.4 Å². The van der Waals surface area contributed by atoms with Crippen molar-refractivity contribution in [2.24, 2.45) is 0 Å². The Morgan fingerprint density at radius 1 is 1.36 bits per heavy atom. The minimum Gasteiger partial charge on any atom is -0.489 e. The Hall–Kier alpha value is -3.42. The SMILES string of the molecule is CN1C(=O)[C@@H](NC(=O)c2cc3[nH]ncc3cn2)COc2ccccc21. The van der Waals surface area contributed by atoms with E-state index >= 15 is 0 Å². The van der Waals surface area contributed by atoms with Crippen LogP contribution >= 0.6 is 0 Å². The zero-order chi connectivity index (χ0) is 17.4. The molecule has 1 aliphatic rings. The van der Waals surface area contributed by atoms with Crippen LogP contribution in [0.4, 0.5) is 5.69 Å². The second kappa shape index (κ2) is 5.90. The molecule has 2 aromatic heterocycles. The number of likely N-dealkylation sites (N-methyl/N-ethyl adjacent to an activating group) is 1. The van der Waals surface area contributed by atoms with Gasteiger partial charge in [-0.2, -0.15) is 5.10 Å². The molecule has 0 radical (unpaired) electrons. The van der Waals surface area contributed by atoms with Gasteiger partial charge in [-0.25, -0.2) is 0 Å². The fraction of sp³-hybridized carbons (Fsp3) is 0.176. The largest absolute Gasteiger partial charge is 0.489 e. The number of aromatic nitrogens is 3. The van der Waals surface area contributed by atoms with Crippen LogP contribution in [0.5, 0.6) is 5.75 Å². The second-order valence-electron chi connectivity index (χ2n) is 5.73. The van der Waals surface area contributed by atoms with Gasteiger partial charge in [-0.05, 0) is 18.2 Å². The number of nitrogens with one attached hydrogen (secondary N) is 2. The summed E-state index contributed by atoms with van der Waals surface area (Å²) in [5.41, 5.74) is 1.57. The van der Waals surface area contributed by atoms with Crippen LogP contribution < -0.4 is 15.0 Å². The van der Waals surface area contributed by atoms with E-state index in [0.29, 0.717) is 17.0 Å². The van der Waals surface area contributed by atoms with Crippen molar-refractivity contribution >= 4 is 28.4 Å². The van der Waals surface area contributed by atoms with Crippen LogP contribution in [-0.2, 0) is 4.79 Å². The van der Waals surface area contributed by atoms with Gasteiger partial charge in [0.2, 0.25) is 0 Å². The molecule has 2 amide bonds. The maximum absolute atomic E-state index is 12.6. The van der Waals surface area contributed by atoms with Gasteiger partial charge in [-0.1, -0.05) is 12.1 Å². The first-order chi connectivity index (χ1) is 12.1. The van der Waals surface area contributed by atoms with Gasteiger partial charge < -0.3 is 15.0 Å². The van der Waals surface area contributed by atoms with E-state index < -0.39 is 11.9 Å². The van der Waals surface area contributed by atoms with E-state index in [0.717, 1.165) is 5.39 Å². The third-order valence-electron chi connectivity index (χ3n) is 4.12. The summed E-state index contributed by atoms with van der Waals surface area (Å²) in [5.74, 6) is -0.0918. The number of carbonyl (C=O) groups excluding carboxylic acids is 2. The van der Waals surface area contributed by atoms with Crippen molar-refractivity contribution in [1.82, 2.24) is 20.5 Å². The van der Waals surface area contributed by atoms with E-state index in [1.807, 2.05) is 12.1 Å². The van der Waals surface area contributed by atoms with Crippen LogP contribution in [0.15, 0.2) is 42.7 Å². The molecule has 0 bridgehead atoms. The molecule has 2 N–H and O–H groups in total. The summed E-state index contributed by atoms with van der Waals surface area (Å²) < 4.78 is 5.68. The third kappa shape index (κ3) is 2.67. The van der Waals surface area contributed by atoms with E-state index in [1.165, 1.54) is 4.90 Å². The summed E-state index contributed by atoms with van der Waals surface area (Å²) in [7, 11) is 1.66. The van der Waals surface area contributed by atoms with Crippen molar-refractivity contribution in [1.29, 1.82) is 0 Å². The summed E-state index contributed by atoms with van der Waals surface area (Å²) in [6.45, 7) is 0.0538. The number of para-hydroxylation sites is 2. The highest BCUT2D eigenvalue weighted by atomic mass is 16.5. The predicted octanol–water partition coefficient (Wildman–Crippen LogP) is 1.11. The average molecular weight is 337 g/mol. The van der Waals surface area contributed by atoms with Crippen molar-refractivity contribution in [3.8, 4) is 5.75 Å². The normalized spacial score (nSPS) is 16.9. The molecule has 0 spiro atoms. The van der Waals surface area contributed by atoms with Crippen LogP contribution in [0.3, 0.4) is 0 Å². The predicted molar refractivity (Wildman–Crippen MR) is 90.5 cm³/mol. The highest BCUT2D eigenvalue weighted by molar-refractivity contribution is 6.03. The standard InChI is InChI=1S/C17H15N5O3/c1-22-14-4-2-3-5-15(14)25-9-13(17(22)24)20-16(23)12-6-11-10(7-18-12)8-19-21-11/h2-8,13H,9H2,1H3,(H,19,21)(H,20,23)/t13-/m0/s1. The number of nitrogens with zero attached hydrogens (tertiary/aromatic N) is 3. The summed E-state index contributed by atoms with van der Waals surface area (Å²) in [5, 5.41) is 10.2. The number of amides is 2. The Kier molecular flexibility index (Phi) is 3.57. The molecule has 3 heterocycles. The molecule has 1 aromatic carbocycles. The van der Waals surface area contributed by atoms with Gasteiger partial charge in [0.25, 0.3) is 11.8 Å². The van der Waals surface area contributed by atoms with Gasteiger partial charge in [-0.15, -0.1) is 0 Å². The highest BCUT2D eigenvalue weighted by Gasteiger charge is 2.30. The number of H-pyrrole nitrogens is 1. The summed E-state index contributed by atoms with van der Waals surface area (Å²) in [6, 6.07) is 8.04. The lowest BCUT2D eigenvalue weighted by Gasteiger charge is -2.20. The summed E-state index contributed by atoms with van der Waals surface area (Å²) in [4.78, 5) is 30.7. The number of hydrogen-bond acceptors (Lipinski definition) is 5. The molecule has 1 atom stereocenters. The topological polar surface area (TPSA) is 100 Å². The van der Waals surface area contributed by atoms with Crippen LogP contribution in [0.2, 0.25) is 0 Å². The van der Waals surface area contributed by atoms with Gasteiger partial charge in [0.05, 0.1) is 17.4 Å². The maximum Gasteiger partial charge on any atom is 0.270 e. The lowest BCUT2D eigenvalue weighted by atomic mass is 10.2. The number of benzene rings is 1. The molecular formula is C17H15N5O3. The quantitative estimate of drug-likeness (QED) is 0.730. The summed E-state index contributed by atoms with van der Waals surface area (Å²) >= 11 is 0. The number of ether oxygens (including phenoxy) is 1. The molecule has 126 valence electrons. The first-order valence-corrected chi connectivity index (χ1v) is 7.73. The number of anilines is 1. The Morgan fingerprint density at radius 2 is 2.20 bits per heavy atom. The first-order valence-electron chi connectivity index (χ1n) is 7.73. The molecule has 0 unspecified atom stereocenters. The van der Waals surface area contributed by atoms with Gasteiger partial charge in [0, 0.05) is 18.6 Å². The Labute approximate surface area is 142 Å². The van der Waals surface area contributed by atoms with E-state index in [2.05, 4.69) is 20.5 Å². The minimum absolute atomic E-state index is 0.0538. The molecule has 0 fully saturated rings. The average Bonchev–Trinajstić information content (AvgIpc) is 3.07. The molecular weight excluding hydrogens is 322 g/mol. The van der Waals surface area contributed by atoms with Gasteiger partial charge in [0.15, 0.2) is 0 Å². The molecule has 0 aliphatic carbocycles. The zero-order valence-electron chi connectivity index (χ0n) is 13.4. The lowest BCUT2D eigenvalue weighted by molar-refractivity contribution is -0.120. The van der Waals surface area contributed by atoms with Crippen LogP contribution in [0.25, 0.3) is 10.9 Å². The lowest BCUT2D eigenvalue weighted by Crippen LogP contribution is -2.49. The molecule has 25 heavy (non-hydrogen) atoms. The van der Waals surface area contributed by atoms with E-state index in [4.69, 9.17) is 4.74 Å². The fourth-order valence-corrected chi connectivity index (χ4v) is 2.75. The van der Waals surface area contributed by atoms with Crippen LogP contribution in [0, 0.1) is 0 Å². The monoisotopic (exact) mass is 337 g/mol. The third-order valence-corrected chi connectivity index (χ3v) is 4.12. The molecule has 0 saturated carbocycles. The summed E-state index contributed by atoms with van der Waals surface area (Å²) in [6.07, 6.45) is 3.18. The zero-order valence-corrected chi connectivity index (χ0v) is 13.4. The Bertz CT molecular complexity index is 968. The number of fused-ring (bicyclic) bond motifs is 2. The number of hydrogen-bond donors (Lipinski definition) is 2. The van der Waals surface area contributed by atoms with Crippen molar-refractivity contribution in [3.63, 3.8) is 0 Å². The molecule has 4 rings (SSSR count). The molecule has 1 aliphatic heterocycles. The number of aromatic amines is 1. The minimum atomic E-state index is -0.802. The highest BCUT2D eigenvalue weighted by Crippen LogP contribution is 2.29. The van der Waals surface area contributed by atoms with Gasteiger partial charge in [-0.3, -0.25) is 19.7 Å². The molecule has 3 aromatic rings. The Balaban J connectivity index is 1.56. The van der Waals surface area contributed by atoms with E-state index in [9.17, 15) is 9.59 Å². The number of pyridine rings is 1. The fourth-order valence-electron chi connectivity index (χ4n) is 2.75. The van der Waals surface area contributed by atoms with E-state index in [1.54, 1.807) is 37.6 Å². The molecule has 0 saturated heterocycles. The first kappa shape index (κ1) is 15.1. The second-order valence-corrected chi connectivity index (χ2v) is 5.73. The molecule has 8 heteroatoms. The van der Waals surface area contributed by atoms with E-state index in [-0.39, 0.29) is 18.2 Å². The van der Waals surface area contributed by atoms with Crippen LogP contribution in [-0.4, -0.2) is 46.7 Å². The Morgan fingerprint density at radius 3 is 3.08 bits per heavy atom. The van der Waals surface area contributed by atoms with Crippen molar-refractivity contribution < 1.29 is 14.3 Å². The van der Waals surface area contributed by atoms with Crippen molar-refractivity contribution in [2.75, 3.05) is 18.6 Å². The molecule has 8 nitrogen and oxygen atoms in total. The van der Waals surface area contributed by atoms with Crippen LogP contribution in [0.1, 0.15) is 10.5 Å². The smallest absolute Gasteiger partial charge is 0.270 e. The van der Waals surface area contributed by atoms with Gasteiger partial charge in [0.1, 0.15) is 24.1 Å². The maximum atomic E-state index is 12.6.